The average Bonchev–Trinajstić information content (AvgIpc) is 3.67. The molecule has 1 N–H and O–H groups in total. The Morgan fingerprint density at radius 2 is 1.31 bits per heavy atom. The lowest BCUT2D eigenvalue weighted by atomic mass is 9.88. The highest BCUT2D eigenvalue weighted by molar-refractivity contribution is 6.20. The first-order valence-electron chi connectivity index (χ1n) is 11.7. The van der Waals surface area contributed by atoms with Gasteiger partial charge in [0.1, 0.15) is 12.5 Å². The summed E-state index contributed by atoms with van der Waals surface area (Å²) < 4.78 is 11.2. The third-order valence-electron chi connectivity index (χ3n) is 6.50. The minimum atomic E-state index is -0.217. The van der Waals surface area contributed by atoms with Crippen LogP contribution in [0, 0.1) is 0 Å². The molecule has 0 bridgehead atoms. The number of pyridine rings is 2. The molecule has 36 heavy (non-hydrogen) atoms. The molecule has 0 fully saturated rings. The Labute approximate surface area is 206 Å². The van der Waals surface area contributed by atoms with Crippen molar-refractivity contribution in [2.75, 3.05) is 0 Å². The molecule has 1 unspecified atom stereocenters. The summed E-state index contributed by atoms with van der Waals surface area (Å²) in [6, 6.07) is 24.9. The van der Waals surface area contributed by atoms with Gasteiger partial charge in [0.2, 0.25) is 5.89 Å². The van der Waals surface area contributed by atoms with Gasteiger partial charge in [-0.3, -0.25) is 9.97 Å². The largest absolute Gasteiger partial charge is 0.473 e. The normalized spacial score (nSPS) is 14.7. The molecule has 0 aliphatic carbocycles. The lowest BCUT2D eigenvalue weighted by molar-refractivity contribution is 0.154. The van der Waals surface area contributed by atoms with E-state index in [2.05, 4.69) is 64.9 Å². The first-order valence-corrected chi connectivity index (χ1v) is 11.7. The molecular weight excluding hydrogens is 448 g/mol. The topological polar surface area (TPSA) is 73.1 Å². The number of ether oxygens (including phenoxy) is 1. The summed E-state index contributed by atoms with van der Waals surface area (Å²) >= 11 is 0. The van der Waals surface area contributed by atoms with Crippen molar-refractivity contribution in [1.82, 2.24) is 20.3 Å². The maximum atomic E-state index is 5.68. The van der Waals surface area contributed by atoms with Gasteiger partial charge in [-0.1, -0.05) is 48.5 Å². The van der Waals surface area contributed by atoms with E-state index in [-0.39, 0.29) is 6.23 Å². The minimum absolute atomic E-state index is 0.217. The number of nitrogens with zero attached hydrogens (tertiary/aromatic N) is 3. The number of rotatable bonds is 4. The molecule has 1 aliphatic rings. The Morgan fingerprint density at radius 1 is 0.667 bits per heavy atom. The van der Waals surface area contributed by atoms with Crippen LogP contribution in [0.15, 0.2) is 115 Å². The second-order valence-corrected chi connectivity index (χ2v) is 8.57. The van der Waals surface area contributed by atoms with Crippen molar-refractivity contribution in [2.45, 2.75) is 6.23 Å². The van der Waals surface area contributed by atoms with E-state index >= 15 is 0 Å². The molecule has 4 heterocycles. The summed E-state index contributed by atoms with van der Waals surface area (Å²) in [5.74, 6) is 0.571. The zero-order chi connectivity index (χ0) is 23.9. The zero-order valence-electron chi connectivity index (χ0n) is 19.1. The van der Waals surface area contributed by atoms with E-state index in [4.69, 9.17) is 19.1 Å². The summed E-state index contributed by atoms with van der Waals surface area (Å²) in [7, 11) is 0. The second-order valence-electron chi connectivity index (χ2n) is 8.57. The Kier molecular flexibility index (Phi) is 4.74. The van der Waals surface area contributed by atoms with Gasteiger partial charge in [-0.25, -0.2) is 4.98 Å². The fourth-order valence-electron chi connectivity index (χ4n) is 4.95. The van der Waals surface area contributed by atoms with Crippen molar-refractivity contribution >= 4 is 21.5 Å². The Hall–Kier alpha value is -4.97. The van der Waals surface area contributed by atoms with Crippen LogP contribution in [0.1, 0.15) is 11.8 Å². The number of fused-ring (bicyclic) bond motifs is 2. The first kappa shape index (κ1) is 20.4. The van der Waals surface area contributed by atoms with Crippen molar-refractivity contribution in [3.63, 3.8) is 0 Å². The SMILES string of the molecule is C1=COC(c2ccnc(-c3c4ccccc4c(-c4cc(-c5ncco5)ccn4)c4ccccc34)c2)N1. The van der Waals surface area contributed by atoms with E-state index in [0.29, 0.717) is 5.89 Å². The molecule has 0 radical (unpaired) electrons. The Bertz CT molecular complexity index is 1690. The molecule has 3 aromatic carbocycles. The zero-order valence-corrected chi connectivity index (χ0v) is 19.1. The molecule has 172 valence electrons. The fraction of sp³-hybridized carbons (Fsp3) is 0.0333. The highest BCUT2D eigenvalue weighted by Crippen LogP contribution is 2.43. The molecule has 1 atom stereocenters. The number of hydrogen-bond donors (Lipinski definition) is 1. The highest BCUT2D eigenvalue weighted by Gasteiger charge is 2.20. The fourth-order valence-corrected chi connectivity index (χ4v) is 4.95. The molecule has 7 rings (SSSR count). The van der Waals surface area contributed by atoms with Gasteiger partial charge in [0.05, 0.1) is 17.6 Å². The molecule has 6 nitrogen and oxygen atoms in total. The van der Waals surface area contributed by atoms with Crippen molar-refractivity contribution in [1.29, 1.82) is 0 Å². The lowest BCUT2D eigenvalue weighted by Gasteiger charge is -2.18. The summed E-state index contributed by atoms with van der Waals surface area (Å²) in [4.78, 5) is 13.9. The molecule has 0 spiro atoms. The minimum Gasteiger partial charge on any atom is -0.473 e. The van der Waals surface area contributed by atoms with Gasteiger partial charge in [0.25, 0.3) is 0 Å². The number of hydrogen-bond acceptors (Lipinski definition) is 6. The molecule has 0 saturated carbocycles. The second kappa shape index (κ2) is 8.36. The van der Waals surface area contributed by atoms with E-state index in [1.54, 1.807) is 24.9 Å². The molecule has 6 heteroatoms. The third kappa shape index (κ3) is 3.31. The van der Waals surface area contributed by atoms with Gasteiger partial charge in [0, 0.05) is 40.8 Å². The average molecular weight is 469 g/mol. The van der Waals surface area contributed by atoms with E-state index in [1.165, 1.54) is 0 Å². The van der Waals surface area contributed by atoms with Crippen LogP contribution >= 0.6 is 0 Å². The van der Waals surface area contributed by atoms with E-state index in [9.17, 15) is 0 Å². The molecule has 0 saturated heterocycles. The molecule has 6 aromatic rings. The number of benzene rings is 3. The van der Waals surface area contributed by atoms with Gasteiger partial charge >= 0.3 is 0 Å². The number of nitrogens with one attached hydrogen (secondary N) is 1. The van der Waals surface area contributed by atoms with Crippen LogP contribution in [0.2, 0.25) is 0 Å². The molecular formula is C30H20N4O2. The summed E-state index contributed by atoms with van der Waals surface area (Å²) in [6.45, 7) is 0. The maximum Gasteiger partial charge on any atom is 0.225 e. The van der Waals surface area contributed by atoms with Crippen LogP contribution in [-0.4, -0.2) is 15.0 Å². The van der Waals surface area contributed by atoms with Gasteiger partial charge in [-0.05, 0) is 45.8 Å². The predicted molar refractivity (Wildman–Crippen MR) is 140 cm³/mol. The van der Waals surface area contributed by atoms with Crippen LogP contribution in [0.25, 0.3) is 55.5 Å². The van der Waals surface area contributed by atoms with Gasteiger partial charge in [0.15, 0.2) is 6.23 Å². The maximum absolute atomic E-state index is 5.68. The summed E-state index contributed by atoms with van der Waals surface area (Å²) in [5.41, 5.74) is 5.81. The quantitative estimate of drug-likeness (QED) is 0.285. The molecule has 1 aliphatic heterocycles. The summed E-state index contributed by atoms with van der Waals surface area (Å²) in [5, 5.41) is 7.65. The van der Waals surface area contributed by atoms with Crippen molar-refractivity contribution in [2.24, 2.45) is 0 Å². The van der Waals surface area contributed by atoms with Crippen molar-refractivity contribution in [3.05, 3.63) is 116 Å². The van der Waals surface area contributed by atoms with Crippen molar-refractivity contribution < 1.29 is 9.15 Å². The van der Waals surface area contributed by atoms with E-state index < -0.39 is 0 Å². The number of oxazole rings is 1. The third-order valence-corrected chi connectivity index (χ3v) is 6.50. The molecule has 0 amide bonds. The smallest absolute Gasteiger partial charge is 0.225 e. The van der Waals surface area contributed by atoms with Crippen LogP contribution in [0.5, 0.6) is 0 Å². The number of aromatic nitrogens is 3. The molecule has 3 aromatic heterocycles. The predicted octanol–water partition coefficient (Wildman–Crippen LogP) is 6.86. The van der Waals surface area contributed by atoms with Crippen LogP contribution in [-0.2, 0) is 4.74 Å². The van der Waals surface area contributed by atoms with Gasteiger partial charge in [-0.15, -0.1) is 0 Å². The lowest BCUT2D eigenvalue weighted by Crippen LogP contribution is -2.11. The van der Waals surface area contributed by atoms with Crippen LogP contribution in [0.4, 0.5) is 0 Å². The van der Waals surface area contributed by atoms with Gasteiger partial charge in [-0.2, -0.15) is 0 Å². The van der Waals surface area contributed by atoms with E-state index in [1.807, 2.05) is 30.6 Å². The highest BCUT2D eigenvalue weighted by atomic mass is 16.5. The van der Waals surface area contributed by atoms with Crippen molar-refractivity contribution in [3.8, 4) is 34.0 Å². The van der Waals surface area contributed by atoms with Gasteiger partial charge < -0.3 is 14.5 Å². The van der Waals surface area contributed by atoms with E-state index in [0.717, 1.165) is 55.2 Å². The standard InChI is InChI=1S/C30H20N4O2/c1-2-6-22-21(5-1)27(25-17-19(9-11-31-25)29-33-13-15-35-29)23-7-3-4-8-24(23)28(22)26-18-20(10-12-32-26)30-34-14-16-36-30/h1-18,29,33H. The first-order chi connectivity index (χ1) is 17.9. The summed E-state index contributed by atoms with van der Waals surface area (Å²) in [6.07, 6.45) is 10.1. The van der Waals surface area contributed by atoms with Crippen LogP contribution in [0.3, 0.4) is 0 Å². The Balaban J connectivity index is 1.51. The Morgan fingerprint density at radius 3 is 1.89 bits per heavy atom. The van der Waals surface area contributed by atoms with Crippen LogP contribution < -0.4 is 5.32 Å². The monoisotopic (exact) mass is 468 g/mol.